The van der Waals surface area contributed by atoms with E-state index in [2.05, 4.69) is 26.1 Å². The summed E-state index contributed by atoms with van der Waals surface area (Å²) in [6.07, 6.45) is 7.20. The monoisotopic (exact) mass is 413 g/mol. The minimum atomic E-state index is -0.447. The van der Waals surface area contributed by atoms with Gasteiger partial charge in [0.1, 0.15) is 0 Å². The Bertz CT molecular complexity index is 779. The average Bonchev–Trinajstić information content (AvgIpc) is 3.35. The third-order valence-corrected chi connectivity index (χ3v) is 7.09. The molecule has 2 saturated carbocycles. The van der Waals surface area contributed by atoms with E-state index in [0.29, 0.717) is 24.3 Å². The Morgan fingerprint density at radius 2 is 1.87 bits per heavy atom. The number of aliphatic hydroxyl groups excluding tert-OH is 1. The smallest absolute Gasteiger partial charge is 0.286 e. The van der Waals surface area contributed by atoms with Crippen molar-refractivity contribution in [3.63, 3.8) is 0 Å². The van der Waals surface area contributed by atoms with Crippen LogP contribution in [0.2, 0.25) is 0 Å². The van der Waals surface area contributed by atoms with Crippen molar-refractivity contribution in [3.05, 3.63) is 47.2 Å². The van der Waals surface area contributed by atoms with Crippen LogP contribution in [0.25, 0.3) is 0 Å². The summed E-state index contributed by atoms with van der Waals surface area (Å²) < 4.78 is 12.1. The first-order valence-corrected chi connectivity index (χ1v) is 11.3. The van der Waals surface area contributed by atoms with Crippen molar-refractivity contribution in [3.8, 4) is 0 Å². The van der Waals surface area contributed by atoms with Crippen LogP contribution in [0.1, 0.15) is 64.0 Å². The molecule has 1 amide bonds. The number of ether oxygens (including phenoxy) is 2. The van der Waals surface area contributed by atoms with Crippen LogP contribution in [0, 0.1) is 23.2 Å². The fraction of sp³-hybridized carbons (Fsp3) is 0.640. The molecule has 5 atom stereocenters. The van der Waals surface area contributed by atoms with E-state index in [1.807, 2.05) is 30.3 Å². The van der Waals surface area contributed by atoms with Crippen LogP contribution in [-0.4, -0.2) is 23.3 Å². The predicted octanol–water partition coefficient (Wildman–Crippen LogP) is 4.29. The van der Waals surface area contributed by atoms with Gasteiger partial charge in [0.05, 0.1) is 13.2 Å². The maximum Gasteiger partial charge on any atom is 0.286 e. The van der Waals surface area contributed by atoms with Crippen molar-refractivity contribution >= 4 is 5.91 Å². The topological polar surface area (TPSA) is 67.8 Å². The molecule has 0 spiro atoms. The van der Waals surface area contributed by atoms with Crippen LogP contribution in [-0.2, 0) is 27.5 Å². The molecule has 164 valence electrons. The Morgan fingerprint density at radius 1 is 1.13 bits per heavy atom. The van der Waals surface area contributed by atoms with Crippen molar-refractivity contribution in [1.29, 1.82) is 0 Å². The van der Waals surface area contributed by atoms with Crippen molar-refractivity contribution in [2.24, 2.45) is 23.2 Å². The third kappa shape index (κ3) is 4.89. The van der Waals surface area contributed by atoms with Gasteiger partial charge in [-0.3, -0.25) is 4.79 Å². The van der Waals surface area contributed by atoms with E-state index < -0.39 is 6.29 Å². The molecule has 0 saturated heterocycles. The zero-order valence-corrected chi connectivity index (χ0v) is 18.4. The molecule has 3 aliphatic rings. The third-order valence-electron chi connectivity index (χ3n) is 7.09. The largest absolute Gasteiger partial charge is 0.459 e. The molecule has 2 fully saturated rings. The normalized spacial score (nSPS) is 30.7. The van der Waals surface area contributed by atoms with Crippen LogP contribution >= 0.6 is 0 Å². The van der Waals surface area contributed by atoms with Gasteiger partial charge in [-0.05, 0) is 59.6 Å². The minimum Gasteiger partial charge on any atom is -0.459 e. The number of nitrogens with one attached hydrogen (secondary N) is 1. The standard InChI is InChI=1S/C25H35NO4/c1-25(2,3)20-12-22(24(28)26-21-11-18-8-9-19(21)10-18)30-23(13-20)29-15-17-6-4-16(14-27)5-7-17/h4-7,12,18-21,23,27H,8-11,13-15H2,1-3H3,(H,26,28)/t18?,19?,20-,21?,23+/m0/s1. The molecule has 2 aliphatic carbocycles. The number of rotatable bonds is 6. The summed E-state index contributed by atoms with van der Waals surface area (Å²) in [7, 11) is 0. The van der Waals surface area contributed by atoms with Gasteiger partial charge in [0, 0.05) is 12.5 Å². The molecular formula is C25H35NO4. The number of fused-ring (bicyclic) bond motifs is 2. The summed E-state index contributed by atoms with van der Waals surface area (Å²) in [5.41, 5.74) is 1.92. The van der Waals surface area contributed by atoms with Crippen LogP contribution in [0.5, 0.6) is 0 Å². The summed E-state index contributed by atoms with van der Waals surface area (Å²) in [6.45, 7) is 7.02. The molecule has 2 N–H and O–H groups in total. The second-order valence-corrected chi connectivity index (χ2v) is 10.3. The van der Waals surface area contributed by atoms with E-state index in [4.69, 9.17) is 9.47 Å². The summed E-state index contributed by atoms with van der Waals surface area (Å²) in [5, 5.41) is 12.4. The molecule has 3 unspecified atom stereocenters. The van der Waals surface area contributed by atoms with Crippen molar-refractivity contribution in [2.75, 3.05) is 0 Å². The van der Waals surface area contributed by atoms with Gasteiger partial charge >= 0.3 is 0 Å². The summed E-state index contributed by atoms with van der Waals surface area (Å²) in [5.74, 6) is 1.94. The molecule has 5 heteroatoms. The molecule has 1 aliphatic heterocycles. The molecule has 1 aromatic carbocycles. The summed E-state index contributed by atoms with van der Waals surface area (Å²) in [4.78, 5) is 13.0. The Morgan fingerprint density at radius 3 is 2.47 bits per heavy atom. The van der Waals surface area contributed by atoms with E-state index in [-0.39, 0.29) is 23.8 Å². The highest BCUT2D eigenvalue weighted by atomic mass is 16.7. The van der Waals surface area contributed by atoms with E-state index >= 15 is 0 Å². The maximum atomic E-state index is 13.0. The van der Waals surface area contributed by atoms with E-state index in [1.54, 1.807) is 0 Å². The van der Waals surface area contributed by atoms with Gasteiger partial charge in [-0.2, -0.15) is 0 Å². The highest BCUT2D eigenvalue weighted by molar-refractivity contribution is 5.91. The number of aliphatic hydroxyl groups is 1. The van der Waals surface area contributed by atoms with Gasteiger partial charge in [0.25, 0.3) is 5.91 Å². The molecule has 4 rings (SSSR count). The Labute approximate surface area is 179 Å². The van der Waals surface area contributed by atoms with Crippen molar-refractivity contribution in [1.82, 2.24) is 5.32 Å². The number of carbonyl (C=O) groups excluding carboxylic acids is 1. The van der Waals surface area contributed by atoms with Gasteiger partial charge in [0.15, 0.2) is 5.76 Å². The second-order valence-electron chi connectivity index (χ2n) is 10.3. The predicted molar refractivity (Wildman–Crippen MR) is 115 cm³/mol. The highest BCUT2D eigenvalue weighted by Gasteiger charge is 2.41. The van der Waals surface area contributed by atoms with E-state index in [1.165, 1.54) is 19.3 Å². The fourth-order valence-electron chi connectivity index (χ4n) is 5.11. The molecule has 0 aromatic heterocycles. The van der Waals surface area contributed by atoms with E-state index in [0.717, 1.165) is 29.9 Å². The lowest BCUT2D eigenvalue weighted by Gasteiger charge is -2.36. The van der Waals surface area contributed by atoms with Crippen molar-refractivity contribution in [2.45, 2.75) is 78.4 Å². The van der Waals surface area contributed by atoms with Crippen LogP contribution in [0.3, 0.4) is 0 Å². The minimum absolute atomic E-state index is 0.0200. The molecule has 1 heterocycles. The zero-order valence-electron chi connectivity index (χ0n) is 18.4. The number of benzene rings is 1. The van der Waals surface area contributed by atoms with Crippen LogP contribution in [0.15, 0.2) is 36.1 Å². The number of carbonyl (C=O) groups is 1. The van der Waals surface area contributed by atoms with Gasteiger partial charge in [0.2, 0.25) is 6.29 Å². The molecule has 30 heavy (non-hydrogen) atoms. The first-order valence-electron chi connectivity index (χ1n) is 11.3. The van der Waals surface area contributed by atoms with Gasteiger partial charge in [-0.1, -0.05) is 51.5 Å². The van der Waals surface area contributed by atoms with Crippen LogP contribution < -0.4 is 5.32 Å². The lowest BCUT2D eigenvalue weighted by molar-refractivity contribution is -0.157. The van der Waals surface area contributed by atoms with E-state index in [9.17, 15) is 9.90 Å². The SMILES string of the molecule is CC(C)(C)[C@H]1C=C(C(=O)NC2CC3CCC2C3)O[C@@H](OCc2ccc(CO)cc2)C1. The molecular weight excluding hydrogens is 378 g/mol. The zero-order chi connectivity index (χ0) is 21.3. The quantitative estimate of drug-likeness (QED) is 0.730. The van der Waals surface area contributed by atoms with Gasteiger partial charge in [-0.25, -0.2) is 0 Å². The Kier molecular flexibility index (Phi) is 6.21. The molecule has 5 nitrogen and oxygen atoms in total. The lowest BCUT2D eigenvalue weighted by Crippen LogP contribution is -2.42. The Balaban J connectivity index is 1.40. The molecule has 0 radical (unpaired) electrons. The van der Waals surface area contributed by atoms with Crippen molar-refractivity contribution < 1.29 is 19.4 Å². The fourth-order valence-corrected chi connectivity index (χ4v) is 5.11. The number of hydrogen-bond acceptors (Lipinski definition) is 4. The maximum absolute atomic E-state index is 13.0. The second kappa shape index (κ2) is 8.72. The lowest BCUT2D eigenvalue weighted by atomic mass is 9.77. The number of allylic oxidation sites excluding steroid dienone is 1. The van der Waals surface area contributed by atoms with Gasteiger partial charge in [-0.15, -0.1) is 0 Å². The van der Waals surface area contributed by atoms with Gasteiger partial charge < -0.3 is 19.9 Å². The molecule has 2 bridgehead atoms. The summed E-state index contributed by atoms with van der Waals surface area (Å²) in [6, 6.07) is 7.99. The Hall–Kier alpha value is -1.85. The van der Waals surface area contributed by atoms with Crippen LogP contribution in [0.4, 0.5) is 0 Å². The number of amides is 1. The summed E-state index contributed by atoms with van der Waals surface area (Å²) >= 11 is 0. The first-order chi connectivity index (χ1) is 14.3. The highest BCUT2D eigenvalue weighted by Crippen LogP contribution is 2.44. The molecule has 1 aromatic rings. The first kappa shape index (κ1) is 21.4. The average molecular weight is 414 g/mol. The number of hydrogen-bond donors (Lipinski definition) is 2.